The Balaban J connectivity index is 1.31. The smallest absolute Gasteiger partial charge is 0.119 e. The van der Waals surface area contributed by atoms with Crippen LogP contribution in [0.5, 0.6) is 5.75 Å². The maximum Gasteiger partial charge on any atom is 0.119 e. The van der Waals surface area contributed by atoms with Gasteiger partial charge in [-0.15, -0.1) is 0 Å². The quantitative estimate of drug-likeness (QED) is 0.177. The van der Waals surface area contributed by atoms with E-state index in [1.165, 1.54) is 108 Å². The zero-order chi connectivity index (χ0) is 19.7. The van der Waals surface area contributed by atoms with Gasteiger partial charge in [0.2, 0.25) is 0 Å². The second-order valence-electron chi connectivity index (χ2n) is 8.61. The fourth-order valence-electron chi connectivity index (χ4n) is 3.81. The first-order chi connectivity index (χ1) is 13.9. The van der Waals surface area contributed by atoms with Crippen LogP contribution < -0.4 is 4.74 Å². The minimum atomic E-state index is 0.333. The van der Waals surface area contributed by atoms with E-state index in [4.69, 9.17) is 9.47 Å². The van der Waals surface area contributed by atoms with Crippen LogP contribution in [0, 0.1) is 0 Å². The molecule has 1 saturated heterocycles. The first kappa shape index (κ1) is 23.3. The summed E-state index contributed by atoms with van der Waals surface area (Å²) in [6.07, 6.45) is 22.9. The van der Waals surface area contributed by atoms with Gasteiger partial charge in [0.25, 0.3) is 0 Å². The molecule has 2 rings (SSSR count). The number of rotatable bonds is 19. The molecule has 1 fully saturated rings. The lowest BCUT2D eigenvalue weighted by Crippen LogP contribution is -2.03. The second-order valence-corrected chi connectivity index (χ2v) is 8.61. The van der Waals surface area contributed by atoms with E-state index in [9.17, 15) is 0 Å². The van der Waals surface area contributed by atoms with Gasteiger partial charge in [0.15, 0.2) is 0 Å². The maximum absolute atomic E-state index is 5.69. The summed E-state index contributed by atoms with van der Waals surface area (Å²) in [6.45, 7) is 3.84. The third-order valence-corrected chi connectivity index (χ3v) is 5.83. The Labute approximate surface area is 174 Å². The molecule has 1 atom stereocenters. The summed E-state index contributed by atoms with van der Waals surface area (Å²) in [5.41, 5.74) is 1.43. The van der Waals surface area contributed by atoms with Crippen LogP contribution in [0.15, 0.2) is 24.3 Å². The summed E-state index contributed by atoms with van der Waals surface area (Å²) in [7, 11) is 0. The van der Waals surface area contributed by atoms with Crippen molar-refractivity contribution in [1.82, 2.24) is 0 Å². The molecule has 1 aliphatic rings. The van der Waals surface area contributed by atoms with Gasteiger partial charge in [-0.3, -0.25) is 0 Å². The summed E-state index contributed by atoms with van der Waals surface area (Å²) >= 11 is 0. The van der Waals surface area contributed by atoms with Gasteiger partial charge < -0.3 is 9.47 Å². The number of hydrogen-bond acceptors (Lipinski definition) is 2. The van der Waals surface area contributed by atoms with Crippen LogP contribution in [0.2, 0.25) is 0 Å². The molecule has 0 spiro atoms. The maximum atomic E-state index is 5.69. The average Bonchev–Trinajstić information content (AvgIpc) is 3.55. The third kappa shape index (κ3) is 12.4. The van der Waals surface area contributed by atoms with Crippen LogP contribution in [-0.4, -0.2) is 19.3 Å². The van der Waals surface area contributed by atoms with E-state index in [2.05, 4.69) is 31.2 Å². The lowest BCUT2D eigenvalue weighted by molar-refractivity contribution is 0.263. The topological polar surface area (TPSA) is 21.8 Å². The number of unbranched alkanes of at least 4 members (excludes halogenated alkanes) is 14. The van der Waals surface area contributed by atoms with Crippen LogP contribution in [0.3, 0.4) is 0 Å². The van der Waals surface area contributed by atoms with Crippen LogP contribution in [0.4, 0.5) is 0 Å². The van der Waals surface area contributed by atoms with Crippen molar-refractivity contribution >= 4 is 0 Å². The van der Waals surface area contributed by atoms with E-state index < -0.39 is 0 Å². The van der Waals surface area contributed by atoms with Gasteiger partial charge in [-0.2, -0.15) is 0 Å². The van der Waals surface area contributed by atoms with Crippen LogP contribution >= 0.6 is 0 Å². The lowest BCUT2D eigenvalue weighted by atomic mass is 10.0. The molecule has 1 aromatic carbocycles. The van der Waals surface area contributed by atoms with E-state index in [1.807, 2.05) is 0 Å². The molecule has 2 nitrogen and oxygen atoms in total. The van der Waals surface area contributed by atoms with Crippen LogP contribution in [0.1, 0.15) is 109 Å². The highest BCUT2D eigenvalue weighted by molar-refractivity contribution is 5.27. The molecule has 1 heterocycles. The molecule has 0 amide bonds. The molecule has 1 aromatic rings. The fourth-order valence-corrected chi connectivity index (χ4v) is 3.81. The summed E-state index contributed by atoms with van der Waals surface area (Å²) in [5.74, 6) is 0.968. The number of benzene rings is 1. The van der Waals surface area contributed by atoms with E-state index in [0.717, 1.165) is 12.4 Å². The minimum Gasteiger partial charge on any atom is -0.491 e. The van der Waals surface area contributed by atoms with Crippen molar-refractivity contribution in [3.63, 3.8) is 0 Å². The van der Waals surface area contributed by atoms with Gasteiger partial charge in [0, 0.05) is 0 Å². The molecule has 0 aliphatic carbocycles. The lowest BCUT2D eigenvalue weighted by Gasteiger charge is -2.06. The largest absolute Gasteiger partial charge is 0.491 e. The highest BCUT2D eigenvalue weighted by Gasteiger charge is 2.22. The van der Waals surface area contributed by atoms with E-state index in [0.29, 0.717) is 12.7 Å². The van der Waals surface area contributed by atoms with E-state index >= 15 is 0 Å². The highest BCUT2D eigenvalue weighted by Crippen LogP contribution is 2.18. The number of aryl methyl sites for hydroxylation is 1. The predicted molar refractivity (Wildman–Crippen MR) is 120 cm³/mol. The molecule has 0 saturated carbocycles. The molecular weight excluding hydrogens is 344 g/mol. The summed E-state index contributed by atoms with van der Waals surface area (Å²) in [6, 6.07) is 8.63. The molecule has 160 valence electrons. The molecule has 1 aliphatic heterocycles. The fraction of sp³-hybridized carbons (Fsp3) is 0.769. The van der Waals surface area contributed by atoms with Gasteiger partial charge in [0.1, 0.15) is 18.5 Å². The normalized spacial score (nSPS) is 15.7. The Morgan fingerprint density at radius 2 is 1.18 bits per heavy atom. The monoisotopic (exact) mass is 388 g/mol. The van der Waals surface area contributed by atoms with Crippen LogP contribution in [-0.2, 0) is 11.2 Å². The van der Waals surface area contributed by atoms with Gasteiger partial charge in [-0.1, -0.05) is 109 Å². The van der Waals surface area contributed by atoms with Gasteiger partial charge in [-0.05, 0) is 30.5 Å². The van der Waals surface area contributed by atoms with Crippen molar-refractivity contribution in [2.45, 2.75) is 116 Å². The Bertz CT molecular complexity index is 464. The highest BCUT2D eigenvalue weighted by atomic mass is 16.6. The molecule has 0 aromatic heterocycles. The minimum absolute atomic E-state index is 0.333. The molecular formula is C26H44O2. The third-order valence-electron chi connectivity index (χ3n) is 5.83. The van der Waals surface area contributed by atoms with Crippen molar-refractivity contribution in [3.8, 4) is 5.75 Å². The number of epoxide rings is 1. The average molecular weight is 389 g/mol. The standard InChI is InChI=1S/C26H44O2/c1-2-3-4-5-6-7-8-9-10-11-12-13-14-15-16-17-24-18-20-25(21-19-24)27-22-26-23-28-26/h18-21,26H,2-17,22-23H2,1H3. The van der Waals surface area contributed by atoms with Gasteiger partial charge >= 0.3 is 0 Å². The van der Waals surface area contributed by atoms with Crippen molar-refractivity contribution in [2.75, 3.05) is 13.2 Å². The summed E-state index contributed by atoms with van der Waals surface area (Å²) in [5, 5.41) is 0. The van der Waals surface area contributed by atoms with Crippen molar-refractivity contribution in [3.05, 3.63) is 29.8 Å². The van der Waals surface area contributed by atoms with E-state index in [1.54, 1.807) is 0 Å². The Hall–Kier alpha value is -1.02. The van der Waals surface area contributed by atoms with Crippen molar-refractivity contribution in [2.24, 2.45) is 0 Å². The Morgan fingerprint density at radius 1 is 0.714 bits per heavy atom. The zero-order valence-corrected chi connectivity index (χ0v) is 18.4. The Kier molecular flexibility index (Phi) is 13.2. The second kappa shape index (κ2) is 15.9. The SMILES string of the molecule is CCCCCCCCCCCCCCCCCc1ccc(OCC2CO2)cc1. The molecule has 0 bridgehead atoms. The molecule has 0 radical (unpaired) electrons. The summed E-state index contributed by atoms with van der Waals surface area (Å²) < 4.78 is 10.9. The molecule has 2 heteroatoms. The zero-order valence-electron chi connectivity index (χ0n) is 18.4. The summed E-state index contributed by atoms with van der Waals surface area (Å²) in [4.78, 5) is 0. The first-order valence-corrected chi connectivity index (χ1v) is 12.2. The van der Waals surface area contributed by atoms with Crippen molar-refractivity contribution < 1.29 is 9.47 Å². The van der Waals surface area contributed by atoms with Crippen molar-refractivity contribution in [1.29, 1.82) is 0 Å². The molecule has 0 N–H and O–H groups in total. The Morgan fingerprint density at radius 3 is 1.64 bits per heavy atom. The van der Waals surface area contributed by atoms with Crippen LogP contribution in [0.25, 0.3) is 0 Å². The first-order valence-electron chi connectivity index (χ1n) is 12.2. The molecule has 1 unspecified atom stereocenters. The number of hydrogen-bond donors (Lipinski definition) is 0. The van der Waals surface area contributed by atoms with Gasteiger partial charge in [-0.25, -0.2) is 0 Å². The predicted octanol–water partition coefficient (Wildman–Crippen LogP) is 7.88. The van der Waals surface area contributed by atoms with Gasteiger partial charge in [0.05, 0.1) is 6.61 Å². The molecule has 28 heavy (non-hydrogen) atoms. The number of ether oxygens (including phenoxy) is 2. The van der Waals surface area contributed by atoms with E-state index in [-0.39, 0.29) is 0 Å².